The summed E-state index contributed by atoms with van der Waals surface area (Å²) in [5, 5.41) is 3.56. The Morgan fingerprint density at radius 1 is 1.53 bits per heavy atom. The zero-order valence-electron chi connectivity index (χ0n) is 10.00. The van der Waals surface area contributed by atoms with Gasteiger partial charge in [-0.3, -0.25) is 4.21 Å². The summed E-state index contributed by atoms with van der Waals surface area (Å²) < 4.78 is 10.9. The van der Waals surface area contributed by atoms with Crippen LogP contribution >= 0.6 is 0 Å². The van der Waals surface area contributed by atoms with Crippen LogP contribution in [-0.4, -0.2) is 53.3 Å². The second kappa shape index (κ2) is 7.36. The van der Waals surface area contributed by atoms with Gasteiger partial charge in [0.15, 0.2) is 0 Å². The van der Waals surface area contributed by atoms with E-state index in [1.54, 1.807) is 6.26 Å². The van der Waals surface area contributed by atoms with Gasteiger partial charge in [-0.05, 0) is 38.9 Å². The van der Waals surface area contributed by atoms with Crippen LogP contribution in [0.1, 0.15) is 26.2 Å². The first-order valence-corrected chi connectivity index (χ1v) is 7.71. The molecule has 90 valence electrons. The Kier molecular flexibility index (Phi) is 6.45. The van der Waals surface area contributed by atoms with Crippen LogP contribution in [0.25, 0.3) is 0 Å². The maximum atomic E-state index is 10.9. The smallest absolute Gasteiger partial charge is 0.0244 e. The fourth-order valence-corrected chi connectivity index (χ4v) is 2.58. The third-order valence-corrected chi connectivity index (χ3v) is 3.73. The van der Waals surface area contributed by atoms with E-state index in [9.17, 15) is 4.21 Å². The molecule has 0 aromatic rings. The summed E-state index contributed by atoms with van der Waals surface area (Å²) in [6.45, 7) is 6.84. The number of nitrogens with one attached hydrogen (secondary N) is 1. The first-order chi connectivity index (χ1) is 7.22. The molecule has 0 aromatic heterocycles. The van der Waals surface area contributed by atoms with Gasteiger partial charge in [-0.2, -0.15) is 0 Å². The molecule has 3 nitrogen and oxygen atoms in total. The summed E-state index contributed by atoms with van der Waals surface area (Å²) >= 11 is 0. The Morgan fingerprint density at radius 2 is 2.33 bits per heavy atom. The predicted octanol–water partition coefficient (Wildman–Crippen LogP) is 0.829. The van der Waals surface area contributed by atoms with Gasteiger partial charge in [0, 0.05) is 35.4 Å². The fourth-order valence-electron chi connectivity index (χ4n) is 2.04. The lowest BCUT2D eigenvalue weighted by molar-refractivity contribution is 0.329. The third-order valence-electron chi connectivity index (χ3n) is 2.86. The van der Waals surface area contributed by atoms with Crippen molar-refractivity contribution in [1.82, 2.24) is 10.2 Å². The molecule has 0 aliphatic carbocycles. The average molecular weight is 232 g/mol. The molecular formula is C11H24N2OS. The Morgan fingerprint density at radius 3 is 3.00 bits per heavy atom. The zero-order chi connectivity index (χ0) is 11.1. The average Bonchev–Trinajstić information content (AvgIpc) is 2.62. The van der Waals surface area contributed by atoms with Crippen molar-refractivity contribution in [3.05, 3.63) is 0 Å². The standard InChI is InChI=1S/C11H24N2OS/c1-3-6-12-11-5-8-13(10-11)7-4-9-15(2)14/h11-12H,3-10H2,1-2H3. The van der Waals surface area contributed by atoms with Gasteiger partial charge in [-0.1, -0.05) is 6.92 Å². The maximum absolute atomic E-state index is 10.9. The molecule has 0 aromatic carbocycles. The predicted molar refractivity (Wildman–Crippen MR) is 66.7 cm³/mol. The van der Waals surface area contributed by atoms with E-state index in [0.717, 1.165) is 25.3 Å². The largest absolute Gasteiger partial charge is 0.313 e. The van der Waals surface area contributed by atoms with Crippen molar-refractivity contribution < 1.29 is 4.21 Å². The summed E-state index contributed by atoms with van der Waals surface area (Å²) in [4.78, 5) is 2.49. The van der Waals surface area contributed by atoms with E-state index < -0.39 is 10.8 Å². The molecule has 1 rings (SSSR count). The van der Waals surface area contributed by atoms with Gasteiger partial charge in [-0.25, -0.2) is 0 Å². The first-order valence-electron chi connectivity index (χ1n) is 5.98. The molecule has 2 unspecified atom stereocenters. The molecule has 1 heterocycles. The van der Waals surface area contributed by atoms with Crippen LogP contribution in [0.2, 0.25) is 0 Å². The fraction of sp³-hybridized carbons (Fsp3) is 1.00. The van der Waals surface area contributed by atoms with Gasteiger partial charge in [0.05, 0.1) is 0 Å². The Hall–Kier alpha value is 0.0700. The van der Waals surface area contributed by atoms with Gasteiger partial charge in [-0.15, -0.1) is 0 Å². The quantitative estimate of drug-likeness (QED) is 0.705. The zero-order valence-corrected chi connectivity index (χ0v) is 10.8. The van der Waals surface area contributed by atoms with Crippen LogP contribution in [0, 0.1) is 0 Å². The van der Waals surface area contributed by atoms with Crippen molar-refractivity contribution in [3.63, 3.8) is 0 Å². The van der Waals surface area contributed by atoms with Crippen LogP contribution in [0.4, 0.5) is 0 Å². The van der Waals surface area contributed by atoms with Crippen LogP contribution in [0.3, 0.4) is 0 Å². The number of rotatable bonds is 7. The molecule has 0 radical (unpaired) electrons. The number of nitrogens with zero attached hydrogens (tertiary/aromatic N) is 1. The minimum Gasteiger partial charge on any atom is -0.313 e. The highest BCUT2D eigenvalue weighted by molar-refractivity contribution is 7.84. The monoisotopic (exact) mass is 232 g/mol. The van der Waals surface area contributed by atoms with E-state index in [0.29, 0.717) is 6.04 Å². The molecule has 1 aliphatic rings. The van der Waals surface area contributed by atoms with E-state index in [4.69, 9.17) is 0 Å². The molecule has 2 atom stereocenters. The molecule has 0 saturated carbocycles. The molecule has 0 amide bonds. The lowest BCUT2D eigenvalue weighted by atomic mass is 10.2. The highest BCUT2D eigenvalue weighted by Crippen LogP contribution is 2.09. The topological polar surface area (TPSA) is 32.3 Å². The highest BCUT2D eigenvalue weighted by Gasteiger charge is 2.20. The number of hydrogen-bond acceptors (Lipinski definition) is 3. The van der Waals surface area contributed by atoms with Crippen LogP contribution in [0.5, 0.6) is 0 Å². The normalized spacial score (nSPS) is 24.5. The summed E-state index contributed by atoms with van der Waals surface area (Å²) in [7, 11) is -0.621. The van der Waals surface area contributed by atoms with Crippen molar-refractivity contribution in [2.75, 3.05) is 38.2 Å². The van der Waals surface area contributed by atoms with Crippen molar-refractivity contribution in [1.29, 1.82) is 0 Å². The van der Waals surface area contributed by atoms with Crippen LogP contribution in [-0.2, 0) is 10.8 Å². The molecular weight excluding hydrogens is 208 g/mol. The van der Waals surface area contributed by atoms with E-state index in [2.05, 4.69) is 17.1 Å². The van der Waals surface area contributed by atoms with E-state index in [1.807, 2.05) is 0 Å². The van der Waals surface area contributed by atoms with Gasteiger partial charge in [0.1, 0.15) is 0 Å². The van der Waals surface area contributed by atoms with Crippen molar-refractivity contribution in [2.45, 2.75) is 32.2 Å². The molecule has 15 heavy (non-hydrogen) atoms. The summed E-state index contributed by atoms with van der Waals surface area (Å²) in [5.41, 5.74) is 0. The summed E-state index contributed by atoms with van der Waals surface area (Å²) in [6.07, 6.45) is 5.35. The Labute approximate surface area is 96.1 Å². The second-order valence-corrected chi connectivity index (χ2v) is 5.93. The molecule has 0 spiro atoms. The van der Waals surface area contributed by atoms with Crippen molar-refractivity contribution in [3.8, 4) is 0 Å². The van der Waals surface area contributed by atoms with Gasteiger partial charge in [0.25, 0.3) is 0 Å². The Balaban J connectivity index is 2.05. The second-order valence-electron chi connectivity index (χ2n) is 4.37. The SMILES string of the molecule is CCCNC1CCN(CCCS(C)=O)C1. The van der Waals surface area contributed by atoms with E-state index in [-0.39, 0.29) is 0 Å². The van der Waals surface area contributed by atoms with Gasteiger partial charge >= 0.3 is 0 Å². The minimum atomic E-state index is -0.621. The first kappa shape index (κ1) is 13.1. The third kappa shape index (κ3) is 5.64. The maximum Gasteiger partial charge on any atom is 0.0244 e. The number of likely N-dealkylation sites (tertiary alicyclic amines) is 1. The van der Waals surface area contributed by atoms with Crippen LogP contribution in [0.15, 0.2) is 0 Å². The lowest BCUT2D eigenvalue weighted by Crippen LogP contribution is -2.33. The van der Waals surface area contributed by atoms with Gasteiger partial charge in [0.2, 0.25) is 0 Å². The van der Waals surface area contributed by atoms with Gasteiger partial charge < -0.3 is 10.2 Å². The van der Waals surface area contributed by atoms with Crippen molar-refractivity contribution >= 4 is 10.8 Å². The Bertz CT molecular complexity index is 199. The molecule has 1 saturated heterocycles. The molecule has 1 aliphatic heterocycles. The highest BCUT2D eigenvalue weighted by atomic mass is 32.2. The molecule has 1 fully saturated rings. The number of hydrogen-bond donors (Lipinski definition) is 1. The van der Waals surface area contributed by atoms with E-state index >= 15 is 0 Å². The lowest BCUT2D eigenvalue weighted by Gasteiger charge is -2.16. The summed E-state index contributed by atoms with van der Waals surface area (Å²) in [5.74, 6) is 0.851. The minimum absolute atomic E-state index is 0.621. The molecule has 4 heteroatoms. The van der Waals surface area contributed by atoms with Crippen molar-refractivity contribution in [2.24, 2.45) is 0 Å². The van der Waals surface area contributed by atoms with E-state index in [1.165, 1.54) is 25.9 Å². The molecule has 1 N–H and O–H groups in total. The van der Waals surface area contributed by atoms with Crippen LogP contribution < -0.4 is 5.32 Å². The summed E-state index contributed by atoms with van der Waals surface area (Å²) in [6, 6.07) is 0.692. The molecule has 0 bridgehead atoms.